The molecule has 1 amide bonds. The Kier molecular flexibility index (Phi) is 6.64. The van der Waals surface area contributed by atoms with E-state index >= 15 is 0 Å². The van der Waals surface area contributed by atoms with Crippen LogP contribution in [-0.2, 0) is 10.0 Å². The summed E-state index contributed by atoms with van der Waals surface area (Å²) in [5.74, 6) is 0.234. The number of carbonyl (C=O) groups is 1. The molecule has 0 spiro atoms. The standard InChI is InChI=1S/C22H21ClN2O4S/c1-3-29-18-9-7-8-16(14-18)24-22(26)20-13-12-17(15-21(20)23)25(2)30(27,28)19-10-5-4-6-11-19/h4-15H,3H2,1-2H3,(H,24,26). The van der Waals surface area contributed by atoms with Crippen molar-refractivity contribution in [2.75, 3.05) is 23.3 Å². The van der Waals surface area contributed by atoms with E-state index in [1.165, 1.54) is 37.4 Å². The number of amides is 1. The second-order valence-corrected chi connectivity index (χ2v) is 8.74. The topological polar surface area (TPSA) is 75.7 Å². The second kappa shape index (κ2) is 9.19. The summed E-state index contributed by atoms with van der Waals surface area (Å²) in [5.41, 5.74) is 1.14. The van der Waals surface area contributed by atoms with Crippen molar-refractivity contribution in [2.45, 2.75) is 11.8 Å². The fourth-order valence-corrected chi connectivity index (χ4v) is 4.27. The number of ether oxygens (including phenoxy) is 1. The van der Waals surface area contributed by atoms with Crippen LogP contribution in [0.4, 0.5) is 11.4 Å². The third-order valence-electron chi connectivity index (χ3n) is 4.37. The van der Waals surface area contributed by atoms with Gasteiger partial charge < -0.3 is 10.1 Å². The highest BCUT2D eigenvalue weighted by molar-refractivity contribution is 7.92. The predicted molar refractivity (Wildman–Crippen MR) is 119 cm³/mol. The zero-order chi connectivity index (χ0) is 21.7. The van der Waals surface area contributed by atoms with Crippen LogP contribution < -0.4 is 14.4 Å². The summed E-state index contributed by atoms with van der Waals surface area (Å²) < 4.78 is 32.1. The Labute approximate surface area is 181 Å². The van der Waals surface area contributed by atoms with Crippen LogP contribution in [0.5, 0.6) is 5.75 Å². The Morgan fingerprint density at radius 1 is 1.03 bits per heavy atom. The van der Waals surface area contributed by atoms with Crippen LogP contribution in [0.1, 0.15) is 17.3 Å². The predicted octanol–water partition coefficient (Wildman–Crippen LogP) is 4.82. The van der Waals surface area contributed by atoms with Gasteiger partial charge in [-0.2, -0.15) is 0 Å². The fourth-order valence-electron chi connectivity index (χ4n) is 2.80. The first-order valence-electron chi connectivity index (χ1n) is 9.20. The molecule has 0 bridgehead atoms. The number of nitrogens with one attached hydrogen (secondary N) is 1. The molecule has 0 saturated carbocycles. The summed E-state index contributed by atoms with van der Waals surface area (Å²) in [4.78, 5) is 12.8. The molecule has 0 aliphatic carbocycles. The van der Waals surface area contributed by atoms with Crippen LogP contribution >= 0.6 is 11.6 Å². The van der Waals surface area contributed by atoms with E-state index in [2.05, 4.69) is 5.32 Å². The van der Waals surface area contributed by atoms with E-state index in [9.17, 15) is 13.2 Å². The lowest BCUT2D eigenvalue weighted by Gasteiger charge is -2.20. The summed E-state index contributed by atoms with van der Waals surface area (Å²) in [6.45, 7) is 2.39. The van der Waals surface area contributed by atoms with Gasteiger partial charge >= 0.3 is 0 Å². The van der Waals surface area contributed by atoms with E-state index in [4.69, 9.17) is 16.3 Å². The van der Waals surface area contributed by atoms with Crippen molar-refractivity contribution in [1.29, 1.82) is 0 Å². The molecule has 6 nitrogen and oxygen atoms in total. The van der Waals surface area contributed by atoms with Gasteiger partial charge in [-0.3, -0.25) is 9.10 Å². The van der Waals surface area contributed by atoms with Gasteiger partial charge in [-0.05, 0) is 49.4 Å². The number of anilines is 2. The number of hydrogen-bond acceptors (Lipinski definition) is 4. The molecule has 3 aromatic rings. The first kappa shape index (κ1) is 21.7. The molecule has 0 radical (unpaired) electrons. The third kappa shape index (κ3) is 4.75. The molecule has 3 aromatic carbocycles. The first-order valence-corrected chi connectivity index (χ1v) is 11.0. The van der Waals surface area contributed by atoms with Crippen molar-refractivity contribution in [3.63, 3.8) is 0 Å². The first-order chi connectivity index (χ1) is 14.3. The maximum atomic E-state index is 12.8. The monoisotopic (exact) mass is 444 g/mol. The van der Waals surface area contributed by atoms with Crippen molar-refractivity contribution in [1.82, 2.24) is 0 Å². The van der Waals surface area contributed by atoms with Gasteiger partial charge in [0.1, 0.15) is 5.75 Å². The van der Waals surface area contributed by atoms with E-state index in [1.54, 1.807) is 42.5 Å². The fraction of sp³-hybridized carbons (Fsp3) is 0.136. The molecule has 1 N–H and O–H groups in total. The van der Waals surface area contributed by atoms with Crippen LogP contribution in [-0.4, -0.2) is 28.0 Å². The van der Waals surface area contributed by atoms with Gasteiger partial charge in [0.05, 0.1) is 27.8 Å². The molecule has 3 rings (SSSR count). The molecule has 0 heterocycles. The number of hydrogen-bond donors (Lipinski definition) is 1. The molecule has 0 fully saturated rings. The Morgan fingerprint density at radius 2 is 1.77 bits per heavy atom. The van der Waals surface area contributed by atoms with Gasteiger partial charge in [-0.1, -0.05) is 35.9 Å². The van der Waals surface area contributed by atoms with E-state index in [-0.39, 0.29) is 15.5 Å². The van der Waals surface area contributed by atoms with Crippen molar-refractivity contribution in [3.05, 3.63) is 83.4 Å². The zero-order valence-corrected chi connectivity index (χ0v) is 18.1. The maximum Gasteiger partial charge on any atom is 0.264 e. The minimum Gasteiger partial charge on any atom is -0.494 e. The molecule has 156 valence electrons. The Morgan fingerprint density at radius 3 is 2.43 bits per heavy atom. The largest absolute Gasteiger partial charge is 0.494 e. The summed E-state index contributed by atoms with van der Waals surface area (Å²) in [6.07, 6.45) is 0. The molecular formula is C22H21ClN2O4S. The van der Waals surface area contributed by atoms with Gasteiger partial charge in [0.25, 0.3) is 15.9 Å². The van der Waals surface area contributed by atoms with Gasteiger partial charge in [-0.25, -0.2) is 8.42 Å². The smallest absolute Gasteiger partial charge is 0.264 e. The number of rotatable bonds is 7. The van der Waals surface area contributed by atoms with Crippen molar-refractivity contribution in [2.24, 2.45) is 0 Å². The molecule has 0 aliphatic heterocycles. The number of sulfonamides is 1. The SMILES string of the molecule is CCOc1cccc(NC(=O)c2ccc(N(C)S(=O)(=O)c3ccccc3)cc2Cl)c1. The van der Waals surface area contributed by atoms with Gasteiger partial charge in [0.2, 0.25) is 0 Å². The quantitative estimate of drug-likeness (QED) is 0.567. The second-order valence-electron chi connectivity index (χ2n) is 6.36. The van der Waals surface area contributed by atoms with E-state index in [0.29, 0.717) is 23.7 Å². The van der Waals surface area contributed by atoms with Crippen LogP contribution in [0.2, 0.25) is 5.02 Å². The molecule has 0 saturated heterocycles. The minimum atomic E-state index is -3.74. The lowest BCUT2D eigenvalue weighted by Crippen LogP contribution is -2.26. The lowest BCUT2D eigenvalue weighted by molar-refractivity contribution is 0.102. The molecule has 0 aliphatic rings. The van der Waals surface area contributed by atoms with Crippen LogP contribution in [0, 0.1) is 0 Å². The maximum absolute atomic E-state index is 12.8. The summed E-state index contributed by atoms with van der Waals surface area (Å²) in [5, 5.41) is 2.91. The van der Waals surface area contributed by atoms with Crippen LogP contribution in [0.15, 0.2) is 77.7 Å². The number of nitrogens with zero attached hydrogens (tertiary/aromatic N) is 1. The van der Waals surface area contributed by atoms with E-state index < -0.39 is 15.9 Å². The summed E-state index contributed by atoms with van der Waals surface area (Å²) in [6, 6.07) is 19.6. The van der Waals surface area contributed by atoms with Crippen molar-refractivity contribution >= 4 is 38.9 Å². The molecule has 30 heavy (non-hydrogen) atoms. The number of carbonyl (C=O) groups excluding carboxylic acids is 1. The van der Waals surface area contributed by atoms with Crippen LogP contribution in [0.3, 0.4) is 0 Å². The molecule has 0 unspecified atom stereocenters. The van der Waals surface area contributed by atoms with Crippen LogP contribution in [0.25, 0.3) is 0 Å². The van der Waals surface area contributed by atoms with Gasteiger partial charge in [-0.15, -0.1) is 0 Å². The highest BCUT2D eigenvalue weighted by atomic mass is 35.5. The summed E-state index contributed by atoms with van der Waals surface area (Å²) in [7, 11) is -2.30. The Hall–Kier alpha value is -3.03. The Balaban J connectivity index is 1.81. The molecular weight excluding hydrogens is 424 g/mol. The van der Waals surface area contributed by atoms with Crippen molar-refractivity contribution in [3.8, 4) is 5.75 Å². The zero-order valence-electron chi connectivity index (χ0n) is 16.5. The Bertz CT molecular complexity index is 1150. The number of halogens is 1. The lowest BCUT2D eigenvalue weighted by atomic mass is 10.2. The third-order valence-corrected chi connectivity index (χ3v) is 6.48. The van der Waals surface area contributed by atoms with Gasteiger partial charge in [0.15, 0.2) is 0 Å². The highest BCUT2D eigenvalue weighted by Gasteiger charge is 2.22. The average Bonchev–Trinajstić information content (AvgIpc) is 2.74. The highest BCUT2D eigenvalue weighted by Crippen LogP contribution is 2.28. The molecule has 0 aromatic heterocycles. The van der Waals surface area contributed by atoms with E-state index in [1.807, 2.05) is 6.92 Å². The minimum absolute atomic E-state index is 0.140. The average molecular weight is 445 g/mol. The normalized spacial score (nSPS) is 11.0. The molecule has 8 heteroatoms. The summed E-state index contributed by atoms with van der Waals surface area (Å²) >= 11 is 6.30. The van der Waals surface area contributed by atoms with Crippen molar-refractivity contribution < 1.29 is 17.9 Å². The van der Waals surface area contributed by atoms with Gasteiger partial charge in [0, 0.05) is 18.8 Å². The molecule has 0 atom stereocenters. The van der Waals surface area contributed by atoms with E-state index in [0.717, 1.165) is 4.31 Å². The number of benzene rings is 3.